The summed E-state index contributed by atoms with van der Waals surface area (Å²) in [5, 5.41) is 0. The smallest absolute Gasteiger partial charge is 0.340 e. The minimum atomic E-state index is -2.05. The molecule has 1 unspecified atom stereocenters. The Hall–Kier alpha value is -1.30. The van der Waals surface area contributed by atoms with Gasteiger partial charge in [0.05, 0.1) is 5.88 Å². The number of carbonyl (C=O) groups is 2. The van der Waals surface area contributed by atoms with Crippen LogP contribution >= 0.6 is 23.2 Å². The van der Waals surface area contributed by atoms with E-state index in [2.05, 4.69) is 4.74 Å². The van der Waals surface area contributed by atoms with Crippen LogP contribution in [0.4, 0.5) is 0 Å². The van der Waals surface area contributed by atoms with Crippen molar-refractivity contribution in [2.75, 3.05) is 11.9 Å². The molecule has 19 heavy (non-hydrogen) atoms. The molecule has 0 radical (unpaired) electrons. The van der Waals surface area contributed by atoms with Crippen LogP contribution in [0.3, 0.4) is 0 Å². The van der Waals surface area contributed by atoms with E-state index in [9.17, 15) is 9.59 Å². The highest BCUT2D eigenvalue weighted by molar-refractivity contribution is 6.25. The minimum Gasteiger partial charge on any atom is -0.459 e. The molecule has 0 fully saturated rings. The van der Waals surface area contributed by atoms with Gasteiger partial charge < -0.3 is 15.2 Å². The predicted molar refractivity (Wildman–Crippen MR) is 70.7 cm³/mol. The first kappa shape index (κ1) is 15.8. The Bertz CT molecular complexity index is 441. The third kappa shape index (κ3) is 4.09. The maximum absolute atomic E-state index is 11.8. The molecule has 104 valence electrons. The molecule has 1 atom stereocenters. The fourth-order valence-electron chi connectivity index (χ4n) is 1.22. The Kier molecular flexibility index (Phi) is 6.08. The number of ether oxygens (including phenoxy) is 2. The van der Waals surface area contributed by atoms with E-state index < -0.39 is 29.4 Å². The number of hydrogen-bond acceptors (Lipinski definition) is 5. The summed E-state index contributed by atoms with van der Waals surface area (Å²) in [6.45, 7) is -0.0103. The number of benzene rings is 1. The normalized spacial score (nSPS) is 13.4. The van der Waals surface area contributed by atoms with E-state index in [0.717, 1.165) is 5.56 Å². The second-order valence-corrected chi connectivity index (χ2v) is 4.19. The van der Waals surface area contributed by atoms with Gasteiger partial charge in [-0.05, 0) is 5.56 Å². The molecule has 1 rings (SSSR count). The van der Waals surface area contributed by atoms with Crippen LogP contribution in [0.15, 0.2) is 30.3 Å². The fraction of sp³-hybridized carbons (Fsp3) is 0.333. The average Bonchev–Trinajstić information content (AvgIpc) is 2.45. The van der Waals surface area contributed by atoms with Gasteiger partial charge in [-0.15, -0.1) is 11.6 Å². The first-order valence-corrected chi connectivity index (χ1v) is 6.40. The number of halogens is 2. The second-order valence-electron chi connectivity index (χ2n) is 3.71. The maximum Gasteiger partial charge on any atom is 0.340 e. The summed E-state index contributed by atoms with van der Waals surface area (Å²) >= 11 is 10.8. The Balaban J connectivity index is 2.66. The third-order valence-corrected chi connectivity index (χ3v) is 2.87. The molecule has 0 saturated carbocycles. The van der Waals surface area contributed by atoms with Crippen molar-refractivity contribution in [2.45, 2.75) is 12.1 Å². The maximum atomic E-state index is 11.8. The molecule has 0 aliphatic heterocycles. The molecule has 5 nitrogen and oxygen atoms in total. The van der Waals surface area contributed by atoms with Gasteiger partial charge in [0.25, 0.3) is 0 Å². The molecule has 2 N–H and O–H groups in total. The van der Waals surface area contributed by atoms with Crippen molar-refractivity contribution in [2.24, 2.45) is 5.73 Å². The van der Waals surface area contributed by atoms with Gasteiger partial charge in [0.1, 0.15) is 6.61 Å². The number of alkyl halides is 2. The molecule has 0 spiro atoms. The number of carbonyl (C=O) groups excluding carboxylic acids is 2. The molecular weight excluding hydrogens is 293 g/mol. The van der Waals surface area contributed by atoms with Gasteiger partial charge in [0.15, 0.2) is 6.07 Å². The van der Waals surface area contributed by atoms with E-state index >= 15 is 0 Å². The molecule has 0 aliphatic carbocycles. The molecule has 0 amide bonds. The lowest BCUT2D eigenvalue weighted by molar-refractivity contribution is -0.162. The zero-order valence-electron chi connectivity index (χ0n) is 9.97. The first-order chi connectivity index (χ1) is 9.04. The summed E-state index contributed by atoms with van der Waals surface area (Å²) in [5.74, 6) is -2.44. The van der Waals surface area contributed by atoms with Crippen LogP contribution in [0.2, 0.25) is 0 Å². The first-order valence-electron chi connectivity index (χ1n) is 5.33. The topological polar surface area (TPSA) is 78.6 Å². The molecule has 0 saturated heterocycles. The largest absolute Gasteiger partial charge is 0.459 e. The van der Waals surface area contributed by atoms with Crippen LogP contribution in [0.25, 0.3) is 0 Å². The van der Waals surface area contributed by atoms with E-state index in [1.807, 2.05) is 6.07 Å². The molecule has 0 bridgehead atoms. The Morgan fingerprint density at radius 3 is 2.21 bits per heavy atom. The van der Waals surface area contributed by atoms with Gasteiger partial charge >= 0.3 is 11.9 Å². The lowest BCUT2D eigenvalue weighted by atomic mass is 10.1. The van der Waals surface area contributed by atoms with Crippen LogP contribution in [0.5, 0.6) is 0 Å². The van der Waals surface area contributed by atoms with Gasteiger partial charge in [-0.2, -0.15) is 0 Å². The van der Waals surface area contributed by atoms with Gasteiger partial charge in [0.2, 0.25) is 5.54 Å². The highest BCUT2D eigenvalue weighted by atomic mass is 35.5. The molecule has 1 aromatic rings. The zero-order valence-corrected chi connectivity index (χ0v) is 11.5. The highest BCUT2D eigenvalue weighted by Crippen LogP contribution is 2.12. The van der Waals surface area contributed by atoms with E-state index in [-0.39, 0.29) is 6.61 Å². The predicted octanol–water partition coefficient (Wildman–Crippen LogP) is 1.41. The highest BCUT2D eigenvalue weighted by Gasteiger charge is 2.44. The van der Waals surface area contributed by atoms with E-state index in [4.69, 9.17) is 33.7 Å². The summed E-state index contributed by atoms with van der Waals surface area (Å²) in [5.41, 5.74) is 4.31. The lowest BCUT2D eigenvalue weighted by Crippen LogP contribution is -2.58. The standard InChI is InChI=1S/C12H13Cl2NO4/c13-7-12(15,11(17)19-8-14)10(16)18-6-9-4-2-1-3-5-9/h1-5H,6-8,15H2. The van der Waals surface area contributed by atoms with Gasteiger partial charge in [0, 0.05) is 0 Å². The lowest BCUT2D eigenvalue weighted by Gasteiger charge is -2.22. The van der Waals surface area contributed by atoms with Gasteiger partial charge in [-0.3, -0.25) is 0 Å². The van der Waals surface area contributed by atoms with Crippen molar-refractivity contribution in [1.29, 1.82) is 0 Å². The van der Waals surface area contributed by atoms with Crippen molar-refractivity contribution < 1.29 is 19.1 Å². The Labute approximate surface area is 120 Å². The molecule has 7 heteroatoms. The quantitative estimate of drug-likeness (QED) is 0.488. The number of esters is 2. The van der Waals surface area contributed by atoms with Crippen LogP contribution < -0.4 is 5.73 Å². The van der Waals surface area contributed by atoms with E-state index in [1.165, 1.54) is 0 Å². The van der Waals surface area contributed by atoms with Gasteiger partial charge in [-0.25, -0.2) is 9.59 Å². The van der Waals surface area contributed by atoms with Crippen molar-refractivity contribution in [3.63, 3.8) is 0 Å². The number of hydrogen-bond donors (Lipinski definition) is 1. The molecular formula is C12H13Cl2NO4. The average molecular weight is 306 g/mol. The summed E-state index contributed by atoms with van der Waals surface area (Å²) in [7, 11) is 0. The number of nitrogens with two attached hydrogens (primary N) is 1. The van der Waals surface area contributed by atoms with E-state index in [1.54, 1.807) is 24.3 Å². The summed E-state index contributed by atoms with van der Waals surface area (Å²) in [6, 6.07) is 8.53. The summed E-state index contributed by atoms with van der Waals surface area (Å²) < 4.78 is 9.45. The van der Waals surface area contributed by atoms with Crippen molar-refractivity contribution in [3.05, 3.63) is 35.9 Å². The minimum absolute atomic E-state index is 0.0103. The van der Waals surface area contributed by atoms with Crippen LogP contribution in [0.1, 0.15) is 5.56 Å². The summed E-state index contributed by atoms with van der Waals surface area (Å²) in [6.07, 6.45) is 0. The molecule has 0 aromatic heterocycles. The zero-order chi connectivity index (χ0) is 14.3. The SMILES string of the molecule is NC(CCl)(C(=O)OCCl)C(=O)OCc1ccccc1. The van der Waals surface area contributed by atoms with Crippen molar-refractivity contribution in [3.8, 4) is 0 Å². The van der Waals surface area contributed by atoms with Crippen molar-refractivity contribution in [1.82, 2.24) is 0 Å². The van der Waals surface area contributed by atoms with Crippen LogP contribution in [-0.4, -0.2) is 29.4 Å². The van der Waals surface area contributed by atoms with Gasteiger partial charge in [-0.1, -0.05) is 41.9 Å². The Morgan fingerprint density at radius 1 is 1.11 bits per heavy atom. The van der Waals surface area contributed by atoms with Crippen molar-refractivity contribution >= 4 is 35.1 Å². The third-order valence-electron chi connectivity index (χ3n) is 2.34. The Morgan fingerprint density at radius 2 is 1.68 bits per heavy atom. The summed E-state index contributed by atoms with van der Waals surface area (Å²) in [4.78, 5) is 23.3. The monoisotopic (exact) mass is 305 g/mol. The van der Waals surface area contributed by atoms with E-state index in [0.29, 0.717) is 0 Å². The fourth-order valence-corrected chi connectivity index (χ4v) is 1.54. The molecule has 0 heterocycles. The van der Waals surface area contributed by atoms with Crippen LogP contribution in [0, 0.1) is 0 Å². The number of rotatable bonds is 6. The molecule has 1 aromatic carbocycles. The van der Waals surface area contributed by atoms with Crippen LogP contribution in [-0.2, 0) is 25.7 Å². The molecule has 0 aliphatic rings. The second kappa shape index (κ2) is 7.33.